The molecule has 1 aliphatic rings. The summed E-state index contributed by atoms with van der Waals surface area (Å²) in [4.78, 5) is 11.7. The van der Waals surface area contributed by atoms with E-state index in [0.717, 1.165) is 5.76 Å². The maximum atomic E-state index is 11.7. The monoisotopic (exact) mass is 300 g/mol. The van der Waals surface area contributed by atoms with Crippen LogP contribution in [-0.2, 0) is 9.53 Å². The van der Waals surface area contributed by atoms with Crippen molar-refractivity contribution in [3.05, 3.63) is 54.0 Å². The highest BCUT2D eigenvalue weighted by Gasteiger charge is 2.21. The summed E-state index contributed by atoms with van der Waals surface area (Å²) in [7, 11) is 0. The molecule has 0 bridgehead atoms. The first kappa shape index (κ1) is 14.3. The highest BCUT2D eigenvalue weighted by Crippen LogP contribution is 2.30. The van der Waals surface area contributed by atoms with Gasteiger partial charge in [-0.15, -0.1) is 0 Å². The molecule has 1 atom stereocenters. The molecule has 0 spiro atoms. The number of benzene rings is 1. The molecule has 0 radical (unpaired) electrons. The van der Waals surface area contributed by atoms with Gasteiger partial charge in [-0.25, -0.2) is 4.79 Å². The average Bonchev–Trinajstić information content (AvgIpc) is 2.96. The van der Waals surface area contributed by atoms with E-state index in [4.69, 9.17) is 18.6 Å². The smallest absolute Gasteiger partial charge is 0.331 e. The van der Waals surface area contributed by atoms with Gasteiger partial charge in [0.05, 0.1) is 0 Å². The van der Waals surface area contributed by atoms with Crippen LogP contribution in [0.4, 0.5) is 0 Å². The standard InChI is InChI=1S/C17H16O5/c1-12-6-7-13(21-12)8-9-17(18)20-11-14-10-19-15-4-2-3-5-16(15)22-14/h2-9,14H,10-11H2,1H3/b9-8+. The van der Waals surface area contributed by atoms with Crippen LogP contribution in [0.2, 0.25) is 0 Å². The number of carbonyl (C=O) groups excluding carboxylic acids is 1. The molecule has 2 aromatic rings. The Kier molecular flexibility index (Phi) is 4.14. The van der Waals surface area contributed by atoms with Crippen LogP contribution in [0, 0.1) is 6.92 Å². The van der Waals surface area contributed by atoms with Crippen LogP contribution in [-0.4, -0.2) is 25.3 Å². The first-order valence-corrected chi connectivity index (χ1v) is 7.00. The van der Waals surface area contributed by atoms with E-state index in [9.17, 15) is 4.79 Å². The molecular weight excluding hydrogens is 284 g/mol. The number of rotatable bonds is 4. The Hall–Kier alpha value is -2.69. The first-order chi connectivity index (χ1) is 10.7. The molecule has 0 saturated heterocycles. The second-order valence-electron chi connectivity index (χ2n) is 4.91. The first-order valence-electron chi connectivity index (χ1n) is 7.00. The van der Waals surface area contributed by atoms with E-state index in [-0.39, 0.29) is 12.7 Å². The molecular formula is C17H16O5. The van der Waals surface area contributed by atoms with Gasteiger partial charge in [-0.05, 0) is 37.3 Å². The summed E-state index contributed by atoms with van der Waals surface area (Å²) in [6, 6.07) is 11.0. The number of hydrogen-bond acceptors (Lipinski definition) is 5. The van der Waals surface area contributed by atoms with Crippen molar-refractivity contribution in [2.75, 3.05) is 13.2 Å². The van der Waals surface area contributed by atoms with E-state index in [1.807, 2.05) is 37.3 Å². The van der Waals surface area contributed by atoms with Crippen LogP contribution in [0.15, 0.2) is 46.9 Å². The molecule has 5 nitrogen and oxygen atoms in total. The molecule has 3 rings (SSSR count). The van der Waals surface area contributed by atoms with Gasteiger partial charge in [0, 0.05) is 6.08 Å². The summed E-state index contributed by atoms with van der Waals surface area (Å²) in [6.07, 6.45) is 2.59. The van der Waals surface area contributed by atoms with Crippen LogP contribution in [0.5, 0.6) is 11.5 Å². The van der Waals surface area contributed by atoms with Crippen molar-refractivity contribution in [1.82, 2.24) is 0 Å². The molecule has 1 unspecified atom stereocenters. The Morgan fingerprint density at radius 1 is 1.27 bits per heavy atom. The summed E-state index contributed by atoms with van der Waals surface area (Å²) < 4.78 is 21.7. The Balaban J connectivity index is 1.49. The van der Waals surface area contributed by atoms with Crippen LogP contribution < -0.4 is 9.47 Å². The van der Waals surface area contributed by atoms with Gasteiger partial charge >= 0.3 is 5.97 Å². The Morgan fingerprint density at radius 2 is 2.09 bits per heavy atom. The SMILES string of the molecule is Cc1ccc(/C=C/C(=O)OCC2COc3ccccc3O2)o1. The minimum Gasteiger partial charge on any atom is -0.486 e. The molecule has 1 aromatic heterocycles. The molecule has 0 N–H and O–H groups in total. The average molecular weight is 300 g/mol. The molecule has 1 aliphatic heterocycles. The number of furan rings is 1. The lowest BCUT2D eigenvalue weighted by atomic mass is 10.3. The number of ether oxygens (including phenoxy) is 3. The van der Waals surface area contributed by atoms with Gasteiger partial charge in [-0.1, -0.05) is 12.1 Å². The van der Waals surface area contributed by atoms with Crippen molar-refractivity contribution >= 4 is 12.0 Å². The molecule has 0 saturated carbocycles. The lowest BCUT2D eigenvalue weighted by Crippen LogP contribution is -2.34. The number of fused-ring (bicyclic) bond motifs is 1. The molecule has 1 aromatic carbocycles. The zero-order valence-corrected chi connectivity index (χ0v) is 12.2. The van der Waals surface area contributed by atoms with E-state index in [0.29, 0.717) is 23.9 Å². The summed E-state index contributed by atoms with van der Waals surface area (Å²) >= 11 is 0. The number of para-hydroxylation sites is 2. The Bertz CT molecular complexity index is 686. The molecule has 0 aliphatic carbocycles. The number of esters is 1. The normalized spacial score (nSPS) is 16.7. The minimum atomic E-state index is -0.448. The van der Waals surface area contributed by atoms with Crippen molar-refractivity contribution in [3.8, 4) is 11.5 Å². The van der Waals surface area contributed by atoms with E-state index < -0.39 is 5.97 Å². The molecule has 0 amide bonds. The third-order valence-corrected chi connectivity index (χ3v) is 3.12. The van der Waals surface area contributed by atoms with Crippen LogP contribution in [0.3, 0.4) is 0 Å². The largest absolute Gasteiger partial charge is 0.486 e. The van der Waals surface area contributed by atoms with E-state index in [2.05, 4.69) is 0 Å². The van der Waals surface area contributed by atoms with Crippen molar-refractivity contribution in [2.24, 2.45) is 0 Å². The molecule has 22 heavy (non-hydrogen) atoms. The lowest BCUT2D eigenvalue weighted by Gasteiger charge is -2.25. The van der Waals surface area contributed by atoms with Gasteiger partial charge in [0.15, 0.2) is 17.6 Å². The quantitative estimate of drug-likeness (QED) is 0.642. The van der Waals surface area contributed by atoms with Crippen molar-refractivity contribution in [1.29, 1.82) is 0 Å². The molecule has 0 fully saturated rings. The topological polar surface area (TPSA) is 57.9 Å². The van der Waals surface area contributed by atoms with Gasteiger partial charge in [-0.2, -0.15) is 0 Å². The summed E-state index contributed by atoms with van der Waals surface area (Å²) in [5.41, 5.74) is 0. The highest BCUT2D eigenvalue weighted by atomic mass is 16.6. The second-order valence-corrected chi connectivity index (χ2v) is 4.91. The van der Waals surface area contributed by atoms with Gasteiger partial charge in [0.2, 0.25) is 0 Å². The fraction of sp³-hybridized carbons (Fsp3) is 0.235. The minimum absolute atomic E-state index is 0.134. The Morgan fingerprint density at radius 3 is 2.86 bits per heavy atom. The van der Waals surface area contributed by atoms with Crippen LogP contribution >= 0.6 is 0 Å². The van der Waals surface area contributed by atoms with E-state index in [1.54, 1.807) is 12.1 Å². The zero-order valence-electron chi connectivity index (χ0n) is 12.2. The van der Waals surface area contributed by atoms with E-state index in [1.165, 1.54) is 6.08 Å². The number of carbonyl (C=O) groups is 1. The summed E-state index contributed by atoms with van der Waals surface area (Å²) in [5, 5.41) is 0. The Labute approximate surface area is 128 Å². The van der Waals surface area contributed by atoms with Gasteiger partial charge in [-0.3, -0.25) is 0 Å². The third kappa shape index (κ3) is 3.49. The maximum Gasteiger partial charge on any atom is 0.331 e. The number of hydrogen-bond donors (Lipinski definition) is 0. The summed E-state index contributed by atoms with van der Waals surface area (Å²) in [6.45, 7) is 2.33. The van der Waals surface area contributed by atoms with Crippen LogP contribution in [0.25, 0.3) is 6.08 Å². The van der Waals surface area contributed by atoms with Crippen molar-refractivity contribution < 1.29 is 23.4 Å². The molecule has 5 heteroatoms. The maximum absolute atomic E-state index is 11.7. The van der Waals surface area contributed by atoms with E-state index >= 15 is 0 Å². The van der Waals surface area contributed by atoms with Crippen LogP contribution in [0.1, 0.15) is 11.5 Å². The number of aryl methyl sites for hydroxylation is 1. The van der Waals surface area contributed by atoms with Crippen molar-refractivity contribution in [2.45, 2.75) is 13.0 Å². The second kappa shape index (κ2) is 6.39. The predicted molar refractivity (Wildman–Crippen MR) is 79.8 cm³/mol. The van der Waals surface area contributed by atoms with Gasteiger partial charge < -0.3 is 18.6 Å². The van der Waals surface area contributed by atoms with Gasteiger partial charge in [0.1, 0.15) is 24.7 Å². The van der Waals surface area contributed by atoms with Crippen molar-refractivity contribution in [3.63, 3.8) is 0 Å². The molecule has 114 valence electrons. The lowest BCUT2D eigenvalue weighted by molar-refractivity contribution is -0.140. The fourth-order valence-electron chi connectivity index (χ4n) is 2.06. The predicted octanol–water partition coefficient (Wildman–Crippen LogP) is 2.98. The highest BCUT2D eigenvalue weighted by molar-refractivity contribution is 5.86. The third-order valence-electron chi connectivity index (χ3n) is 3.12. The molecule has 2 heterocycles. The van der Waals surface area contributed by atoms with Gasteiger partial charge in [0.25, 0.3) is 0 Å². The fourth-order valence-corrected chi connectivity index (χ4v) is 2.06. The summed E-state index contributed by atoms with van der Waals surface area (Å²) in [5.74, 6) is 2.33. The zero-order chi connectivity index (χ0) is 15.4.